The van der Waals surface area contributed by atoms with E-state index in [9.17, 15) is 27.9 Å². The first-order valence-corrected chi connectivity index (χ1v) is 11.5. The number of carbonyl (C=O) groups is 1. The first-order chi connectivity index (χ1) is 16.0. The number of aliphatic hydroxyl groups excluding tert-OH is 1. The molecule has 2 N–H and O–H groups in total. The molecule has 1 aromatic heterocycles. The third-order valence-electron chi connectivity index (χ3n) is 5.33. The lowest BCUT2D eigenvalue weighted by Gasteiger charge is -2.34. The fourth-order valence-electron chi connectivity index (χ4n) is 3.67. The van der Waals surface area contributed by atoms with Crippen LogP contribution in [0.3, 0.4) is 0 Å². The van der Waals surface area contributed by atoms with E-state index in [0.29, 0.717) is 42.3 Å². The Morgan fingerprint density at radius 2 is 2.12 bits per heavy atom. The Morgan fingerprint density at radius 3 is 2.71 bits per heavy atom. The van der Waals surface area contributed by atoms with Crippen molar-refractivity contribution in [1.29, 1.82) is 5.26 Å². The summed E-state index contributed by atoms with van der Waals surface area (Å²) >= 11 is 6.22. The van der Waals surface area contributed by atoms with E-state index in [1.165, 1.54) is 7.05 Å². The number of β-amino-alcohol motifs (C(OH)–C–C–N with tert-alkyl or cyclic N) is 1. The Kier molecular flexibility index (Phi) is 8.25. The number of likely N-dealkylation sites (tertiary alicyclic amines) is 1. The van der Waals surface area contributed by atoms with Gasteiger partial charge in [0, 0.05) is 39.3 Å². The summed E-state index contributed by atoms with van der Waals surface area (Å²) in [6, 6.07) is 6.84. The van der Waals surface area contributed by atoms with Crippen LogP contribution in [-0.4, -0.2) is 71.2 Å². The maximum atomic E-state index is 13.1. The second-order valence-electron chi connectivity index (χ2n) is 7.93. The van der Waals surface area contributed by atoms with E-state index in [2.05, 4.69) is 0 Å². The maximum Gasteiger partial charge on any atom is 0.432 e. The lowest BCUT2D eigenvalue weighted by atomic mass is 10.1. The van der Waals surface area contributed by atoms with Crippen molar-refractivity contribution < 1.29 is 27.8 Å². The lowest BCUT2D eigenvalue weighted by Crippen LogP contribution is -2.45. The fraction of sp³-hybridized carbons (Fsp3) is 0.476. The van der Waals surface area contributed by atoms with Crippen LogP contribution in [0.2, 0.25) is 5.02 Å². The minimum atomic E-state index is -4.86. The van der Waals surface area contributed by atoms with Crippen LogP contribution >= 0.6 is 22.9 Å². The number of piperidine rings is 1. The summed E-state index contributed by atoms with van der Waals surface area (Å²) < 4.78 is 45.1. The number of H-pyrrole nitrogens is 1. The van der Waals surface area contributed by atoms with E-state index in [1.807, 2.05) is 11.0 Å². The molecule has 1 aliphatic heterocycles. The van der Waals surface area contributed by atoms with Gasteiger partial charge in [-0.15, -0.1) is 0 Å². The Hall–Kier alpha value is -2.59. The number of aliphatic hydroxyl groups is 1. The highest BCUT2D eigenvalue weighted by atomic mass is 35.5. The molecule has 0 radical (unpaired) electrons. The molecular weight excluding hydrogens is 497 g/mol. The number of carbonyl (C=O) groups excluding carboxylic acids is 1. The van der Waals surface area contributed by atoms with Crippen molar-refractivity contribution in [1.82, 2.24) is 14.8 Å². The van der Waals surface area contributed by atoms with Crippen LogP contribution in [0.15, 0.2) is 23.0 Å². The van der Waals surface area contributed by atoms with Crippen LogP contribution in [0.25, 0.3) is 0 Å². The van der Waals surface area contributed by atoms with Crippen molar-refractivity contribution >= 4 is 28.8 Å². The second kappa shape index (κ2) is 10.8. The molecule has 1 saturated heterocycles. The summed E-state index contributed by atoms with van der Waals surface area (Å²) in [6.45, 7) is 1.26. The highest BCUT2D eigenvalue weighted by Crippen LogP contribution is 2.32. The van der Waals surface area contributed by atoms with Crippen LogP contribution in [0.5, 0.6) is 5.75 Å². The van der Waals surface area contributed by atoms with E-state index in [-0.39, 0.29) is 30.5 Å². The molecule has 0 bridgehead atoms. The first kappa shape index (κ1) is 26.0. The van der Waals surface area contributed by atoms with Gasteiger partial charge in [-0.3, -0.25) is 9.59 Å². The molecule has 8 nitrogen and oxygen atoms in total. The van der Waals surface area contributed by atoms with E-state index >= 15 is 0 Å². The Bertz CT molecular complexity index is 1120. The number of likely N-dealkylation sites (N-methyl/N-ethyl adjacent to an activating group) is 1. The largest absolute Gasteiger partial charge is 0.490 e. The molecule has 1 amide bonds. The summed E-state index contributed by atoms with van der Waals surface area (Å²) in [5.41, 5.74) is -1.01. The van der Waals surface area contributed by atoms with Crippen molar-refractivity contribution in [2.24, 2.45) is 0 Å². The number of alkyl halides is 3. The quantitative estimate of drug-likeness (QED) is 0.583. The van der Waals surface area contributed by atoms with Gasteiger partial charge in [0.1, 0.15) is 28.5 Å². The standard InChI is InChI=1S/C21H22ClF3N4O4S/c1-28(19(31)17-18(21(23,24)25)27-20(32)34-17)10-13(30)11-29-6-4-14(5-7-29)33-15-3-2-12(9-26)16(22)8-15/h2-3,8,13-14,30H,4-7,10-11H2,1H3,(H,27,32)/t13-/m0/s1. The summed E-state index contributed by atoms with van der Waals surface area (Å²) in [6.07, 6.45) is -4.58. The maximum absolute atomic E-state index is 13.1. The molecule has 2 heterocycles. The number of rotatable bonds is 7. The van der Waals surface area contributed by atoms with Gasteiger partial charge in [0.2, 0.25) is 0 Å². The molecular formula is C21H22ClF3N4O4S. The molecule has 1 aliphatic rings. The Balaban J connectivity index is 1.48. The molecule has 3 rings (SSSR count). The highest BCUT2D eigenvalue weighted by molar-refractivity contribution is 7.11. The van der Waals surface area contributed by atoms with Crippen LogP contribution in [0, 0.1) is 11.3 Å². The fourth-order valence-corrected chi connectivity index (χ4v) is 4.73. The molecule has 0 aliphatic carbocycles. The van der Waals surface area contributed by atoms with Gasteiger partial charge in [0.15, 0.2) is 0 Å². The third-order valence-corrected chi connectivity index (χ3v) is 6.51. The van der Waals surface area contributed by atoms with Crippen LogP contribution in [-0.2, 0) is 6.18 Å². The van der Waals surface area contributed by atoms with Gasteiger partial charge < -0.3 is 24.6 Å². The average molecular weight is 519 g/mol. The van der Waals surface area contributed by atoms with Gasteiger partial charge in [-0.2, -0.15) is 18.4 Å². The van der Waals surface area contributed by atoms with Crippen molar-refractivity contribution in [2.75, 3.05) is 33.2 Å². The average Bonchev–Trinajstić information content (AvgIpc) is 3.17. The van der Waals surface area contributed by atoms with Crippen LogP contribution in [0.1, 0.15) is 33.8 Å². The number of aromatic nitrogens is 1. The Labute approximate surface area is 202 Å². The van der Waals surface area contributed by atoms with Crippen molar-refractivity contribution in [3.05, 3.63) is 49.0 Å². The van der Waals surface area contributed by atoms with Gasteiger partial charge in [-0.05, 0) is 25.0 Å². The van der Waals surface area contributed by atoms with Crippen molar-refractivity contribution in [2.45, 2.75) is 31.2 Å². The van der Waals surface area contributed by atoms with Crippen LogP contribution < -0.4 is 9.61 Å². The van der Waals surface area contributed by atoms with E-state index in [0.717, 1.165) is 4.90 Å². The van der Waals surface area contributed by atoms with Crippen LogP contribution in [0.4, 0.5) is 13.2 Å². The summed E-state index contributed by atoms with van der Waals surface area (Å²) in [7, 11) is 1.28. The van der Waals surface area contributed by atoms with E-state index in [1.54, 1.807) is 23.2 Å². The molecule has 13 heteroatoms. The van der Waals surface area contributed by atoms with Gasteiger partial charge in [0.05, 0.1) is 16.7 Å². The zero-order chi connectivity index (χ0) is 25.0. The highest BCUT2D eigenvalue weighted by Gasteiger charge is 2.39. The summed E-state index contributed by atoms with van der Waals surface area (Å²) in [5, 5.41) is 19.6. The predicted molar refractivity (Wildman–Crippen MR) is 119 cm³/mol. The Morgan fingerprint density at radius 1 is 1.44 bits per heavy atom. The molecule has 0 unspecified atom stereocenters. The number of aromatic amines is 1. The molecule has 0 saturated carbocycles. The number of hydrogen-bond acceptors (Lipinski definition) is 7. The number of ether oxygens (including phenoxy) is 1. The molecule has 1 aromatic carbocycles. The van der Waals surface area contributed by atoms with E-state index < -0.39 is 33.6 Å². The number of hydrogen-bond donors (Lipinski definition) is 2. The number of nitrogens with one attached hydrogen (secondary N) is 1. The predicted octanol–water partition coefficient (Wildman–Crippen LogP) is 2.96. The number of nitriles is 1. The normalized spacial score (nSPS) is 16.1. The van der Waals surface area contributed by atoms with Gasteiger partial charge in [0.25, 0.3) is 5.91 Å². The minimum Gasteiger partial charge on any atom is -0.490 e. The topological polar surface area (TPSA) is 110 Å². The molecule has 2 aromatic rings. The van der Waals surface area contributed by atoms with Gasteiger partial charge in [-0.25, -0.2) is 0 Å². The number of amides is 1. The zero-order valence-electron chi connectivity index (χ0n) is 18.1. The molecule has 34 heavy (non-hydrogen) atoms. The monoisotopic (exact) mass is 518 g/mol. The SMILES string of the molecule is CN(C[C@H](O)CN1CCC(Oc2ccc(C#N)c(Cl)c2)CC1)C(=O)c1sc(=O)[nH]c1C(F)(F)F. The molecule has 0 spiro atoms. The van der Waals surface area contributed by atoms with E-state index in [4.69, 9.17) is 21.6 Å². The number of thiazole rings is 1. The van der Waals surface area contributed by atoms with Gasteiger partial charge in [-0.1, -0.05) is 22.9 Å². The summed E-state index contributed by atoms with van der Waals surface area (Å²) in [4.78, 5) is 26.7. The van der Waals surface area contributed by atoms with Gasteiger partial charge >= 0.3 is 11.0 Å². The second-order valence-corrected chi connectivity index (χ2v) is 9.32. The third kappa shape index (κ3) is 6.50. The molecule has 1 fully saturated rings. The van der Waals surface area contributed by atoms with Crippen molar-refractivity contribution in [3.63, 3.8) is 0 Å². The van der Waals surface area contributed by atoms with Crippen molar-refractivity contribution in [3.8, 4) is 11.8 Å². The summed E-state index contributed by atoms with van der Waals surface area (Å²) in [5.74, 6) is -0.421. The zero-order valence-corrected chi connectivity index (χ0v) is 19.6. The number of nitrogens with zero attached hydrogens (tertiary/aromatic N) is 3. The smallest absolute Gasteiger partial charge is 0.432 e. The molecule has 184 valence electrons. The minimum absolute atomic E-state index is 0.0706. The number of benzene rings is 1. The lowest BCUT2D eigenvalue weighted by molar-refractivity contribution is -0.141. The number of halogens is 4. The molecule has 1 atom stereocenters. The first-order valence-electron chi connectivity index (χ1n) is 10.3.